The first kappa shape index (κ1) is 10.8. The van der Waals surface area contributed by atoms with E-state index in [2.05, 4.69) is 11.0 Å². The molecule has 0 saturated carbocycles. The molecule has 1 aromatic rings. The van der Waals surface area contributed by atoms with E-state index in [1.165, 1.54) is 24.9 Å². The van der Waals surface area contributed by atoms with Crippen LogP contribution in [0.15, 0.2) is 24.3 Å². The van der Waals surface area contributed by atoms with Gasteiger partial charge in [0.2, 0.25) is 0 Å². The highest BCUT2D eigenvalue weighted by Gasteiger charge is 2.11. The van der Waals surface area contributed by atoms with Crippen molar-refractivity contribution < 1.29 is 4.74 Å². The Morgan fingerprint density at radius 1 is 1.25 bits per heavy atom. The summed E-state index contributed by atoms with van der Waals surface area (Å²) in [6, 6.07) is 9.97. The molecular formula is C13H16N2O. The molecule has 2 rings (SSSR count). The minimum absolute atomic E-state index is 0.115. The van der Waals surface area contributed by atoms with Crippen molar-refractivity contribution in [3.63, 3.8) is 0 Å². The Labute approximate surface area is 96.2 Å². The molecule has 0 aromatic heterocycles. The van der Waals surface area contributed by atoms with E-state index in [4.69, 9.17) is 10.00 Å². The molecule has 0 spiro atoms. The van der Waals surface area contributed by atoms with Gasteiger partial charge in [-0.3, -0.25) is 0 Å². The molecule has 1 fully saturated rings. The van der Waals surface area contributed by atoms with E-state index in [1.807, 2.05) is 24.3 Å². The van der Waals surface area contributed by atoms with Crippen LogP contribution in [0, 0.1) is 11.3 Å². The molecular weight excluding hydrogens is 200 g/mol. The Morgan fingerprint density at radius 3 is 2.81 bits per heavy atom. The van der Waals surface area contributed by atoms with Gasteiger partial charge >= 0.3 is 0 Å². The molecule has 1 aliphatic rings. The number of rotatable bonds is 3. The van der Waals surface area contributed by atoms with Crippen molar-refractivity contribution in [1.29, 1.82) is 5.26 Å². The quantitative estimate of drug-likeness (QED) is 0.779. The Bertz CT molecular complexity index is 378. The topological polar surface area (TPSA) is 36.3 Å². The summed E-state index contributed by atoms with van der Waals surface area (Å²) in [5.74, 6) is 0.782. The molecule has 0 radical (unpaired) electrons. The lowest BCUT2D eigenvalue weighted by molar-refractivity contribution is 0.368. The SMILES string of the molecule is N#CCOc1cccc(N2CCCCC2)c1. The average molecular weight is 216 g/mol. The minimum Gasteiger partial charge on any atom is -0.479 e. The molecule has 84 valence electrons. The molecule has 3 nitrogen and oxygen atoms in total. The number of ether oxygens (including phenoxy) is 1. The van der Waals surface area contributed by atoms with Crippen molar-refractivity contribution in [2.24, 2.45) is 0 Å². The van der Waals surface area contributed by atoms with Gasteiger partial charge in [0.15, 0.2) is 6.61 Å². The fourth-order valence-electron chi connectivity index (χ4n) is 2.04. The first-order valence-corrected chi connectivity index (χ1v) is 5.75. The molecule has 0 amide bonds. The van der Waals surface area contributed by atoms with Crippen molar-refractivity contribution in [3.8, 4) is 11.8 Å². The maximum Gasteiger partial charge on any atom is 0.174 e. The van der Waals surface area contributed by atoms with Crippen molar-refractivity contribution in [3.05, 3.63) is 24.3 Å². The lowest BCUT2D eigenvalue weighted by Gasteiger charge is -2.28. The van der Waals surface area contributed by atoms with E-state index in [-0.39, 0.29) is 6.61 Å². The third-order valence-electron chi connectivity index (χ3n) is 2.84. The summed E-state index contributed by atoms with van der Waals surface area (Å²) in [6.07, 6.45) is 3.87. The van der Waals surface area contributed by atoms with Gasteiger partial charge in [0, 0.05) is 24.8 Å². The van der Waals surface area contributed by atoms with Crippen molar-refractivity contribution in [2.75, 3.05) is 24.6 Å². The molecule has 1 aromatic carbocycles. The van der Waals surface area contributed by atoms with Crippen molar-refractivity contribution in [2.45, 2.75) is 19.3 Å². The average Bonchev–Trinajstić information content (AvgIpc) is 2.38. The summed E-state index contributed by atoms with van der Waals surface area (Å²) >= 11 is 0. The fourth-order valence-corrected chi connectivity index (χ4v) is 2.04. The molecule has 16 heavy (non-hydrogen) atoms. The van der Waals surface area contributed by atoms with Gasteiger partial charge in [-0.15, -0.1) is 0 Å². The summed E-state index contributed by atoms with van der Waals surface area (Å²) < 4.78 is 5.30. The van der Waals surface area contributed by atoms with Crippen LogP contribution in [0.5, 0.6) is 5.75 Å². The highest BCUT2D eigenvalue weighted by Crippen LogP contribution is 2.24. The standard InChI is InChI=1S/C13H16N2O/c14-7-10-16-13-6-4-5-12(11-13)15-8-2-1-3-9-15/h4-6,11H,1-3,8-10H2. The largest absolute Gasteiger partial charge is 0.479 e. The van der Waals surface area contributed by atoms with E-state index in [9.17, 15) is 0 Å². The Kier molecular flexibility index (Phi) is 3.66. The monoisotopic (exact) mass is 216 g/mol. The van der Waals surface area contributed by atoms with Crippen LogP contribution in [0.25, 0.3) is 0 Å². The van der Waals surface area contributed by atoms with Gasteiger partial charge in [-0.2, -0.15) is 5.26 Å². The maximum absolute atomic E-state index is 8.46. The summed E-state index contributed by atoms with van der Waals surface area (Å²) in [5, 5.41) is 8.46. The van der Waals surface area contributed by atoms with Crippen LogP contribution in [-0.2, 0) is 0 Å². The number of nitriles is 1. The number of nitrogens with zero attached hydrogens (tertiary/aromatic N) is 2. The van der Waals surface area contributed by atoms with Crippen LogP contribution >= 0.6 is 0 Å². The normalized spacial score (nSPS) is 15.6. The van der Waals surface area contributed by atoms with Crippen LogP contribution in [0.4, 0.5) is 5.69 Å². The van der Waals surface area contributed by atoms with Crippen LogP contribution in [0.1, 0.15) is 19.3 Å². The molecule has 1 heterocycles. The molecule has 1 saturated heterocycles. The molecule has 0 unspecified atom stereocenters. The van der Waals surface area contributed by atoms with Gasteiger partial charge in [0.25, 0.3) is 0 Å². The minimum atomic E-state index is 0.115. The van der Waals surface area contributed by atoms with Crippen LogP contribution in [0.3, 0.4) is 0 Å². The molecule has 3 heteroatoms. The predicted octanol–water partition coefficient (Wildman–Crippen LogP) is 2.58. The third kappa shape index (κ3) is 2.66. The van der Waals surface area contributed by atoms with Gasteiger partial charge in [-0.25, -0.2) is 0 Å². The second-order valence-corrected chi connectivity index (χ2v) is 3.99. The zero-order valence-corrected chi connectivity index (χ0v) is 9.35. The Balaban J connectivity index is 2.06. The van der Waals surface area contributed by atoms with E-state index in [1.54, 1.807) is 0 Å². The first-order chi connectivity index (χ1) is 7.90. The number of anilines is 1. The van der Waals surface area contributed by atoms with Gasteiger partial charge in [0.1, 0.15) is 11.8 Å². The molecule has 1 aliphatic heterocycles. The number of benzene rings is 1. The van der Waals surface area contributed by atoms with Crippen LogP contribution in [-0.4, -0.2) is 19.7 Å². The van der Waals surface area contributed by atoms with E-state index in [0.29, 0.717) is 0 Å². The first-order valence-electron chi connectivity index (χ1n) is 5.75. The second-order valence-electron chi connectivity index (χ2n) is 3.99. The van der Waals surface area contributed by atoms with Crippen molar-refractivity contribution in [1.82, 2.24) is 0 Å². The number of hydrogen-bond donors (Lipinski definition) is 0. The molecule has 0 atom stereocenters. The van der Waals surface area contributed by atoms with E-state index < -0.39 is 0 Å². The van der Waals surface area contributed by atoms with Crippen LogP contribution < -0.4 is 9.64 Å². The molecule has 0 bridgehead atoms. The zero-order valence-electron chi connectivity index (χ0n) is 9.35. The Hall–Kier alpha value is -1.69. The maximum atomic E-state index is 8.46. The van der Waals surface area contributed by atoms with E-state index >= 15 is 0 Å². The Morgan fingerprint density at radius 2 is 2.06 bits per heavy atom. The summed E-state index contributed by atoms with van der Waals surface area (Å²) in [5.41, 5.74) is 1.20. The molecule has 0 aliphatic carbocycles. The number of piperidine rings is 1. The zero-order chi connectivity index (χ0) is 11.2. The highest BCUT2D eigenvalue weighted by atomic mass is 16.5. The summed E-state index contributed by atoms with van der Waals surface area (Å²) in [4.78, 5) is 2.38. The highest BCUT2D eigenvalue weighted by molar-refractivity contribution is 5.51. The smallest absolute Gasteiger partial charge is 0.174 e. The lowest BCUT2D eigenvalue weighted by Crippen LogP contribution is -2.29. The fraction of sp³-hybridized carbons (Fsp3) is 0.462. The van der Waals surface area contributed by atoms with Gasteiger partial charge in [0.05, 0.1) is 0 Å². The van der Waals surface area contributed by atoms with Crippen LogP contribution in [0.2, 0.25) is 0 Å². The van der Waals surface area contributed by atoms with Crippen molar-refractivity contribution >= 4 is 5.69 Å². The number of hydrogen-bond acceptors (Lipinski definition) is 3. The second kappa shape index (κ2) is 5.41. The van der Waals surface area contributed by atoms with E-state index in [0.717, 1.165) is 18.8 Å². The van der Waals surface area contributed by atoms with Gasteiger partial charge in [-0.05, 0) is 31.4 Å². The lowest BCUT2D eigenvalue weighted by atomic mass is 10.1. The predicted molar refractivity (Wildman–Crippen MR) is 63.6 cm³/mol. The van der Waals surface area contributed by atoms with Gasteiger partial charge in [-0.1, -0.05) is 6.07 Å². The summed E-state index contributed by atoms with van der Waals surface area (Å²) in [6.45, 7) is 2.37. The van der Waals surface area contributed by atoms with Gasteiger partial charge < -0.3 is 9.64 Å². The molecule has 0 N–H and O–H groups in total. The third-order valence-corrected chi connectivity index (χ3v) is 2.84. The summed E-state index contributed by atoms with van der Waals surface area (Å²) in [7, 11) is 0.